The summed E-state index contributed by atoms with van der Waals surface area (Å²) in [5.41, 5.74) is 6.27. The summed E-state index contributed by atoms with van der Waals surface area (Å²) in [6, 6.07) is 27.6. The number of phenols is 1. The Morgan fingerprint density at radius 3 is 1.87 bits per heavy atom. The lowest BCUT2D eigenvalue weighted by molar-refractivity contribution is 0.0945. The van der Waals surface area contributed by atoms with Crippen LogP contribution in [0.2, 0.25) is 0 Å². The normalized spacial score (nSPS) is 10.8. The maximum Gasteiger partial charge on any atom is 0.309 e. The molecular formula is C24H18N4O2. The standard InChI is InChI=1S/C24H18N4O2/c29-20-13-11-17(12-14-20)16-25-28-24(30)23-26-21(18-7-3-1-4-8-18)15-22(27-23)19-9-5-2-6-10-19/h1-16,29H,(H,28,30). The van der Waals surface area contributed by atoms with E-state index in [1.807, 2.05) is 66.7 Å². The summed E-state index contributed by atoms with van der Waals surface area (Å²) in [5, 5.41) is 13.3. The van der Waals surface area contributed by atoms with Gasteiger partial charge in [0.15, 0.2) is 0 Å². The first-order chi connectivity index (χ1) is 14.7. The number of nitrogens with zero attached hydrogens (tertiary/aromatic N) is 3. The van der Waals surface area contributed by atoms with Crippen molar-refractivity contribution in [3.63, 3.8) is 0 Å². The molecule has 6 nitrogen and oxygen atoms in total. The molecule has 0 aliphatic heterocycles. The van der Waals surface area contributed by atoms with E-state index in [2.05, 4.69) is 20.5 Å². The summed E-state index contributed by atoms with van der Waals surface area (Å²) in [5.74, 6) is -0.325. The Morgan fingerprint density at radius 2 is 1.33 bits per heavy atom. The van der Waals surface area contributed by atoms with E-state index in [9.17, 15) is 9.90 Å². The second-order valence-corrected chi connectivity index (χ2v) is 6.48. The van der Waals surface area contributed by atoms with E-state index in [1.54, 1.807) is 24.3 Å². The van der Waals surface area contributed by atoms with Crippen LogP contribution < -0.4 is 5.43 Å². The Morgan fingerprint density at radius 1 is 0.800 bits per heavy atom. The molecule has 0 atom stereocenters. The van der Waals surface area contributed by atoms with Gasteiger partial charge in [-0.1, -0.05) is 60.7 Å². The van der Waals surface area contributed by atoms with Crippen LogP contribution in [0.3, 0.4) is 0 Å². The van der Waals surface area contributed by atoms with Gasteiger partial charge in [-0.25, -0.2) is 15.4 Å². The van der Waals surface area contributed by atoms with Crippen molar-refractivity contribution < 1.29 is 9.90 Å². The molecule has 0 saturated carbocycles. The number of carbonyl (C=O) groups is 1. The molecule has 1 aromatic heterocycles. The van der Waals surface area contributed by atoms with E-state index >= 15 is 0 Å². The SMILES string of the molecule is O=C(NN=Cc1ccc(O)cc1)c1nc(-c2ccccc2)cc(-c2ccccc2)n1. The molecule has 30 heavy (non-hydrogen) atoms. The molecule has 0 aliphatic carbocycles. The number of carbonyl (C=O) groups excluding carboxylic acids is 1. The molecule has 0 saturated heterocycles. The van der Waals surface area contributed by atoms with E-state index in [4.69, 9.17) is 0 Å². The van der Waals surface area contributed by atoms with Gasteiger partial charge in [0, 0.05) is 11.1 Å². The Bertz CT molecular complexity index is 1120. The number of hydrogen-bond acceptors (Lipinski definition) is 5. The second kappa shape index (κ2) is 8.79. The number of hydrogen-bond donors (Lipinski definition) is 2. The molecule has 1 amide bonds. The molecule has 0 unspecified atom stereocenters. The fourth-order valence-electron chi connectivity index (χ4n) is 2.84. The summed E-state index contributed by atoms with van der Waals surface area (Å²) in [6.07, 6.45) is 1.48. The van der Waals surface area contributed by atoms with Gasteiger partial charge in [0.05, 0.1) is 17.6 Å². The summed E-state index contributed by atoms with van der Waals surface area (Å²) in [7, 11) is 0. The predicted octanol–water partition coefficient (Wildman–Crippen LogP) is 4.28. The molecule has 4 rings (SSSR count). The second-order valence-electron chi connectivity index (χ2n) is 6.48. The number of hydrazone groups is 1. The van der Waals surface area contributed by atoms with Gasteiger partial charge in [0.25, 0.3) is 0 Å². The topological polar surface area (TPSA) is 87.5 Å². The number of benzene rings is 3. The van der Waals surface area contributed by atoms with Crippen molar-refractivity contribution in [3.05, 3.63) is 102 Å². The average molecular weight is 394 g/mol. The van der Waals surface area contributed by atoms with Gasteiger partial charge in [-0.2, -0.15) is 5.10 Å². The number of amides is 1. The summed E-state index contributed by atoms with van der Waals surface area (Å²) >= 11 is 0. The van der Waals surface area contributed by atoms with Gasteiger partial charge in [0.1, 0.15) is 5.75 Å². The summed E-state index contributed by atoms with van der Waals surface area (Å²) < 4.78 is 0. The first-order valence-corrected chi connectivity index (χ1v) is 9.31. The van der Waals surface area contributed by atoms with Gasteiger partial charge < -0.3 is 5.11 Å². The minimum Gasteiger partial charge on any atom is -0.508 e. The summed E-state index contributed by atoms with van der Waals surface area (Å²) in [6.45, 7) is 0. The van der Waals surface area contributed by atoms with Gasteiger partial charge in [-0.3, -0.25) is 4.79 Å². The molecule has 0 spiro atoms. The fourth-order valence-corrected chi connectivity index (χ4v) is 2.84. The van der Waals surface area contributed by atoms with Gasteiger partial charge in [-0.15, -0.1) is 0 Å². The van der Waals surface area contributed by atoms with E-state index in [-0.39, 0.29) is 11.6 Å². The molecule has 146 valence electrons. The highest BCUT2D eigenvalue weighted by Crippen LogP contribution is 2.23. The van der Waals surface area contributed by atoms with Crippen molar-refractivity contribution in [3.8, 4) is 28.3 Å². The first kappa shape index (κ1) is 19.0. The third-order valence-electron chi connectivity index (χ3n) is 4.34. The monoisotopic (exact) mass is 394 g/mol. The average Bonchev–Trinajstić information content (AvgIpc) is 2.81. The summed E-state index contributed by atoms with van der Waals surface area (Å²) in [4.78, 5) is 21.5. The van der Waals surface area contributed by atoms with E-state index in [1.165, 1.54) is 6.21 Å². The smallest absolute Gasteiger partial charge is 0.309 e. The number of aromatic hydroxyl groups is 1. The van der Waals surface area contributed by atoms with Crippen LogP contribution in [0.25, 0.3) is 22.5 Å². The van der Waals surface area contributed by atoms with Gasteiger partial charge >= 0.3 is 5.91 Å². The highest BCUT2D eigenvalue weighted by Gasteiger charge is 2.14. The molecule has 1 heterocycles. The van der Waals surface area contributed by atoms with Crippen molar-refractivity contribution in [2.45, 2.75) is 0 Å². The van der Waals surface area contributed by atoms with Crippen molar-refractivity contribution in [1.29, 1.82) is 0 Å². The van der Waals surface area contributed by atoms with Crippen LogP contribution in [0.5, 0.6) is 5.75 Å². The quantitative estimate of drug-likeness (QED) is 0.391. The molecule has 0 bridgehead atoms. The van der Waals surface area contributed by atoms with Crippen molar-refractivity contribution >= 4 is 12.1 Å². The van der Waals surface area contributed by atoms with E-state index in [0.717, 1.165) is 16.7 Å². The van der Waals surface area contributed by atoms with Crippen molar-refractivity contribution in [2.24, 2.45) is 5.10 Å². The van der Waals surface area contributed by atoms with Crippen LogP contribution in [0.1, 0.15) is 16.2 Å². The Balaban J connectivity index is 1.64. The Kier molecular flexibility index (Phi) is 5.57. The molecule has 4 aromatic rings. The fraction of sp³-hybridized carbons (Fsp3) is 0. The van der Waals surface area contributed by atoms with Crippen molar-refractivity contribution in [1.82, 2.24) is 15.4 Å². The highest BCUT2D eigenvalue weighted by molar-refractivity contribution is 5.92. The zero-order valence-corrected chi connectivity index (χ0v) is 15.9. The van der Waals surface area contributed by atoms with Crippen LogP contribution in [-0.4, -0.2) is 27.2 Å². The minimum absolute atomic E-state index is 0.0260. The predicted molar refractivity (Wildman–Crippen MR) is 116 cm³/mol. The lowest BCUT2D eigenvalue weighted by Crippen LogP contribution is -2.21. The lowest BCUT2D eigenvalue weighted by atomic mass is 10.1. The van der Waals surface area contributed by atoms with Crippen LogP contribution in [0.15, 0.2) is 96.1 Å². The molecule has 3 aromatic carbocycles. The van der Waals surface area contributed by atoms with Gasteiger partial charge in [-0.05, 0) is 35.9 Å². The zero-order chi connectivity index (χ0) is 20.8. The first-order valence-electron chi connectivity index (χ1n) is 9.31. The van der Waals surface area contributed by atoms with Crippen LogP contribution in [-0.2, 0) is 0 Å². The Hall–Kier alpha value is -4.32. The number of aromatic nitrogens is 2. The largest absolute Gasteiger partial charge is 0.508 e. The van der Waals surface area contributed by atoms with E-state index in [0.29, 0.717) is 11.4 Å². The van der Waals surface area contributed by atoms with E-state index < -0.39 is 5.91 Å². The molecule has 0 aliphatic rings. The molecule has 6 heteroatoms. The van der Waals surface area contributed by atoms with Crippen LogP contribution in [0, 0.1) is 0 Å². The molecule has 0 radical (unpaired) electrons. The number of rotatable bonds is 5. The third-order valence-corrected chi connectivity index (χ3v) is 4.34. The van der Waals surface area contributed by atoms with Crippen LogP contribution in [0.4, 0.5) is 0 Å². The number of phenolic OH excluding ortho intramolecular Hbond substituents is 1. The molecular weight excluding hydrogens is 376 g/mol. The Labute approximate surface area is 173 Å². The third kappa shape index (κ3) is 4.56. The highest BCUT2D eigenvalue weighted by atomic mass is 16.3. The minimum atomic E-state index is -0.514. The van der Waals surface area contributed by atoms with Crippen LogP contribution >= 0.6 is 0 Å². The zero-order valence-electron chi connectivity index (χ0n) is 15.9. The van der Waals surface area contributed by atoms with Crippen molar-refractivity contribution in [2.75, 3.05) is 0 Å². The maximum absolute atomic E-state index is 12.7. The van der Waals surface area contributed by atoms with Gasteiger partial charge in [0.2, 0.25) is 5.82 Å². The molecule has 2 N–H and O–H groups in total. The maximum atomic E-state index is 12.7. The molecule has 0 fully saturated rings. The number of nitrogens with one attached hydrogen (secondary N) is 1. The lowest BCUT2D eigenvalue weighted by Gasteiger charge is -2.08.